The monoisotopic (exact) mass is 312 g/mol. The molecule has 1 amide bonds. The average Bonchev–Trinajstić information content (AvgIpc) is 3.00. The first-order valence-corrected chi connectivity index (χ1v) is 7.53. The number of pyridine rings is 1. The number of nitrogens with zero attached hydrogens (tertiary/aromatic N) is 1. The standard InChI is InChI=1S/C17H13FN2OS/c1-11-2-9-16(19-10-11)20-17(21)15-8-7-14(22-15)12-3-5-13(18)6-4-12/h2-10H,1H3,(H,19,20,21). The fraction of sp³-hybridized carbons (Fsp3) is 0.0588. The molecule has 0 aliphatic heterocycles. The van der Waals surface area contributed by atoms with Gasteiger partial charge in [0.05, 0.1) is 4.88 Å². The molecule has 0 unspecified atom stereocenters. The molecule has 0 atom stereocenters. The second kappa shape index (κ2) is 6.07. The normalized spacial score (nSPS) is 10.5. The van der Waals surface area contributed by atoms with Gasteiger partial charge in [-0.05, 0) is 48.4 Å². The van der Waals surface area contributed by atoms with E-state index in [1.165, 1.54) is 23.5 Å². The Bertz CT molecular complexity index is 794. The van der Waals surface area contributed by atoms with Gasteiger partial charge in [-0.15, -0.1) is 11.3 Å². The van der Waals surface area contributed by atoms with Crippen LogP contribution in [0.3, 0.4) is 0 Å². The fourth-order valence-electron chi connectivity index (χ4n) is 1.95. The van der Waals surface area contributed by atoms with Crippen molar-refractivity contribution in [3.63, 3.8) is 0 Å². The van der Waals surface area contributed by atoms with E-state index in [1.807, 2.05) is 19.1 Å². The Hall–Kier alpha value is -2.53. The average molecular weight is 312 g/mol. The van der Waals surface area contributed by atoms with Crippen molar-refractivity contribution in [2.24, 2.45) is 0 Å². The number of carbonyl (C=O) groups excluding carboxylic acids is 1. The Morgan fingerprint density at radius 2 is 1.86 bits per heavy atom. The molecule has 2 aromatic heterocycles. The zero-order valence-electron chi connectivity index (χ0n) is 11.8. The molecule has 0 spiro atoms. The summed E-state index contributed by atoms with van der Waals surface area (Å²) in [6.45, 7) is 1.94. The molecule has 0 radical (unpaired) electrons. The third-order valence-corrected chi connectivity index (χ3v) is 4.24. The summed E-state index contributed by atoms with van der Waals surface area (Å²) in [6, 6.07) is 13.5. The molecule has 0 saturated heterocycles. The molecular formula is C17H13FN2OS. The second-order valence-corrected chi connectivity index (χ2v) is 5.93. The van der Waals surface area contributed by atoms with Crippen LogP contribution < -0.4 is 5.32 Å². The van der Waals surface area contributed by atoms with E-state index in [4.69, 9.17) is 0 Å². The number of hydrogen-bond donors (Lipinski definition) is 1. The number of halogens is 1. The maximum atomic E-state index is 12.9. The summed E-state index contributed by atoms with van der Waals surface area (Å²) in [7, 11) is 0. The predicted octanol–water partition coefficient (Wildman–Crippen LogP) is 4.51. The van der Waals surface area contributed by atoms with Gasteiger partial charge in [0.15, 0.2) is 0 Å². The quantitative estimate of drug-likeness (QED) is 0.773. The van der Waals surface area contributed by atoms with E-state index < -0.39 is 0 Å². The Morgan fingerprint density at radius 3 is 2.55 bits per heavy atom. The van der Waals surface area contributed by atoms with Gasteiger partial charge < -0.3 is 5.32 Å². The number of amides is 1. The number of aromatic nitrogens is 1. The number of benzene rings is 1. The van der Waals surface area contributed by atoms with Gasteiger partial charge in [0.25, 0.3) is 5.91 Å². The number of hydrogen-bond acceptors (Lipinski definition) is 3. The molecule has 110 valence electrons. The van der Waals surface area contributed by atoms with Crippen molar-refractivity contribution in [3.05, 3.63) is 71.0 Å². The van der Waals surface area contributed by atoms with Crippen molar-refractivity contribution < 1.29 is 9.18 Å². The number of carbonyl (C=O) groups is 1. The van der Waals surface area contributed by atoms with Crippen LogP contribution >= 0.6 is 11.3 Å². The van der Waals surface area contributed by atoms with E-state index in [1.54, 1.807) is 30.5 Å². The van der Waals surface area contributed by atoms with Crippen LogP contribution in [0.15, 0.2) is 54.7 Å². The number of aryl methyl sites for hydroxylation is 1. The van der Waals surface area contributed by atoms with E-state index in [0.29, 0.717) is 10.7 Å². The Kier molecular flexibility index (Phi) is 3.98. The van der Waals surface area contributed by atoms with Crippen LogP contribution in [0.4, 0.5) is 10.2 Å². The molecule has 0 aliphatic carbocycles. The number of anilines is 1. The van der Waals surface area contributed by atoms with Gasteiger partial charge in [-0.1, -0.05) is 18.2 Å². The zero-order valence-corrected chi connectivity index (χ0v) is 12.7. The van der Waals surface area contributed by atoms with Crippen molar-refractivity contribution in [3.8, 4) is 10.4 Å². The first-order valence-electron chi connectivity index (χ1n) is 6.71. The lowest BCUT2D eigenvalue weighted by Crippen LogP contribution is -2.11. The Morgan fingerprint density at radius 1 is 1.09 bits per heavy atom. The van der Waals surface area contributed by atoms with Crippen molar-refractivity contribution in [2.45, 2.75) is 6.92 Å². The van der Waals surface area contributed by atoms with E-state index in [9.17, 15) is 9.18 Å². The first-order chi connectivity index (χ1) is 10.6. The molecule has 3 aromatic rings. The minimum absolute atomic E-state index is 0.199. The van der Waals surface area contributed by atoms with Gasteiger partial charge in [0.1, 0.15) is 11.6 Å². The third kappa shape index (κ3) is 3.20. The van der Waals surface area contributed by atoms with Crippen LogP contribution in [-0.2, 0) is 0 Å². The third-order valence-electron chi connectivity index (χ3n) is 3.11. The minimum Gasteiger partial charge on any atom is -0.306 e. The topological polar surface area (TPSA) is 42.0 Å². The fourth-order valence-corrected chi connectivity index (χ4v) is 2.86. The van der Waals surface area contributed by atoms with Crippen molar-refractivity contribution >= 4 is 23.1 Å². The number of rotatable bonds is 3. The predicted molar refractivity (Wildman–Crippen MR) is 86.6 cm³/mol. The lowest BCUT2D eigenvalue weighted by molar-refractivity contribution is 0.103. The van der Waals surface area contributed by atoms with Crippen LogP contribution in [0, 0.1) is 12.7 Å². The lowest BCUT2D eigenvalue weighted by atomic mass is 10.2. The molecule has 0 fully saturated rings. The Labute approximate surface area is 131 Å². The van der Waals surface area contributed by atoms with Gasteiger partial charge in [-0.3, -0.25) is 4.79 Å². The molecule has 1 aromatic carbocycles. The van der Waals surface area contributed by atoms with E-state index in [-0.39, 0.29) is 11.7 Å². The molecule has 0 saturated carbocycles. The highest BCUT2D eigenvalue weighted by Crippen LogP contribution is 2.28. The summed E-state index contributed by atoms with van der Waals surface area (Å²) in [5, 5.41) is 2.76. The molecule has 3 rings (SSSR count). The second-order valence-electron chi connectivity index (χ2n) is 4.85. The van der Waals surface area contributed by atoms with Crippen LogP contribution in [-0.4, -0.2) is 10.9 Å². The summed E-state index contributed by atoms with van der Waals surface area (Å²) in [5.41, 5.74) is 1.92. The molecule has 0 bridgehead atoms. The molecule has 1 N–H and O–H groups in total. The van der Waals surface area contributed by atoms with Crippen LogP contribution in [0.5, 0.6) is 0 Å². The highest BCUT2D eigenvalue weighted by molar-refractivity contribution is 7.17. The van der Waals surface area contributed by atoms with Gasteiger partial charge in [0.2, 0.25) is 0 Å². The number of thiophene rings is 1. The highest BCUT2D eigenvalue weighted by Gasteiger charge is 2.11. The van der Waals surface area contributed by atoms with Gasteiger partial charge in [-0.2, -0.15) is 0 Å². The Balaban J connectivity index is 1.76. The molecule has 2 heterocycles. The maximum Gasteiger partial charge on any atom is 0.266 e. The maximum absolute atomic E-state index is 12.9. The number of nitrogens with one attached hydrogen (secondary N) is 1. The van der Waals surface area contributed by atoms with Gasteiger partial charge >= 0.3 is 0 Å². The van der Waals surface area contributed by atoms with Crippen molar-refractivity contribution in [2.75, 3.05) is 5.32 Å². The largest absolute Gasteiger partial charge is 0.306 e. The van der Waals surface area contributed by atoms with Crippen molar-refractivity contribution in [1.82, 2.24) is 4.98 Å². The molecule has 5 heteroatoms. The molecule has 3 nitrogen and oxygen atoms in total. The summed E-state index contributed by atoms with van der Waals surface area (Å²) in [4.78, 5) is 17.8. The summed E-state index contributed by atoms with van der Waals surface area (Å²) in [5.74, 6) is 0.0470. The summed E-state index contributed by atoms with van der Waals surface area (Å²) < 4.78 is 12.9. The minimum atomic E-state index is -0.274. The molecule has 22 heavy (non-hydrogen) atoms. The SMILES string of the molecule is Cc1ccc(NC(=O)c2ccc(-c3ccc(F)cc3)s2)nc1. The van der Waals surface area contributed by atoms with Crippen LogP contribution in [0.25, 0.3) is 10.4 Å². The molecular weight excluding hydrogens is 299 g/mol. The summed E-state index contributed by atoms with van der Waals surface area (Å²) in [6.07, 6.45) is 1.70. The van der Waals surface area contributed by atoms with Gasteiger partial charge in [0, 0.05) is 11.1 Å². The van der Waals surface area contributed by atoms with E-state index in [2.05, 4.69) is 10.3 Å². The van der Waals surface area contributed by atoms with Gasteiger partial charge in [-0.25, -0.2) is 9.37 Å². The molecule has 0 aliphatic rings. The highest BCUT2D eigenvalue weighted by atomic mass is 32.1. The zero-order chi connectivity index (χ0) is 15.5. The van der Waals surface area contributed by atoms with Crippen LogP contribution in [0.2, 0.25) is 0 Å². The lowest BCUT2D eigenvalue weighted by Gasteiger charge is -2.02. The van der Waals surface area contributed by atoms with Crippen LogP contribution in [0.1, 0.15) is 15.2 Å². The summed E-state index contributed by atoms with van der Waals surface area (Å²) >= 11 is 1.36. The van der Waals surface area contributed by atoms with E-state index in [0.717, 1.165) is 16.0 Å². The smallest absolute Gasteiger partial charge is 0.266 e. The van der Waals surface area contributed by atoms with E-state index >= 15 is 0 Å². The van der Waals surface area contributed by atoms with Crippen molar-refractivity contribution in [1.29, 1.82) is 0 Å². The first kappa shape index (κ1) is 14.4.